The number of rotatable bonds is 1. The number of imide groups is 1. The van der Waals surface area contributed by atoms with E-state index in [4.69, 9.17) is 4.74 Å². The molecule has 4 nitrogen and oxygen atoms in total. The summed E-state index contributed by atoms with van der Waals surface area (Å²) in [6.45, 7) is 0. The molecule has 3 aliphatic heterocycles. The Labute approximate surface area is 123 Å². The maximum atomic E-state index is 12.5. The lowest BCUT2D eigenvalue weighted by Gasteiger charge is -2.17. The molecule has 19 heavy (non-hydrogen) atoms. The number of benzene rings is 1. The lowest BCUT2D eigenvalue weighted by atomic mass is 9.85. The fourth-order valence-electron chi connectivity index (χ4n) is 3.17. The van der Waals surface area contributed by atoms with Crippen LogP contribution in [0.4, 0.5) is 5.69 Å². The molecule has 2 saturated heterocycles. The lowest BCUT2D eigenvalue weighted by Crippen LogP contribution is -2.34. The van der Waals surface area contributed by atoms with E-state index in [-0.39, 0.29) is 35.9 Å². The summed E-state index contributed by atoms with van der Waals surface area (Å²) in [5, 5.41) is 0. The summed E-state index contributed by atoms with van der Waals surface area (Å²) in [4.78, 5) is 26.3. The van der Waals surface area contributed by atoms with Crippen LogP contribution < -0.4 is 4.90 Å². The number of carbonyl (C=O) groups is 2. The van der Waals surface area contributed by atoms with Crippen LogP contribution in [0, 0.1) is 15.4 Å². The van der Waals surface area contributed by atoms with Gasteiger partial charge in [0.2, 0.25) is 11.8 Å². The SMILES string of the molecule is O=C1[C@H]2[C@H](C(=O)N1c1cccc(I)c1)[C@H]1C=C[C@H]2O1. The van der Waals surface area contributed by atoms with Crippen molar-refractivity contribution in [2.75, 3.05) is 4.90 Å². The van der Waals surface area contributed by atoms with Crippen LogP contribution in [-0.4, -0.2) is 24.0 Å². The molecule has 0 unspecified atom stereocenters. The smallest absolute Gasteiger partial charge is 0.240 e. The molecule has 0 saturated carbocycles. The predicted molar refractivity (Wildman–Crippen MR) is 76.4 cm³/mol. The van der Waals surface area contributed by atoms with Crippen LogP contribution in [0.3, 0.4) is 0 Å². The highest BCUT2D eigenvalue weighted by molar-refractivity contribution is 14.1. The normalized spacial score (nSPS) is 35.3. The number of amides is 2. The standard InChI is InChI=1S/C14H10INO3/c15-7-2-1-3-8(6-7)16-13(17)11-9-4-5-10(19-9)12(11)14(16)18/h1-6,9-12H/t9-,10-,11-,12-/m1/s1. The molecule has 4 rings (SSSR count). The number of hydrogen-bond acceptors (Lipinski definition) is 3. The van der Waals surface area contributed by atoms with E-state index < -0.39 is 0 Å². The molecule has 3 heterocycles. The molecule has 2 amide bonds. The Hall–Kier alpha value is -1.21. The Morgan fingerprint density at radius 3 is 2.26 bits per heavy atom. The highest BCUT2D eigenvalue weighted by atomic mass is 127. The van der Waals surface area contributed by atoms with Gasteiger partial charge in [0, 0.05) is 3.57 Å². The van der Waals surface area contributed by atoms with Crippen molar-refractivity contribution in [3.8, 4) is 0 Å². The number of fused-ring (bicyclic) bond motifs is 5. The molecule has 4 atom stereocenters. The van der Waals surface area contributed by atoms with Crippen molar-refractivity contribution in [2.24, 2.45) is 11.8 Å². The molecule has 3 aliphatic rings. The van der Waals surface area contributed by atoms with Crippen LogP contribution >= 0.6 is 22.6 Å². The minimum absolute atomic E-state index is 0.131. The second-order valence-corrected chi connectivity index (χ2v) is 6.24. The van der Waals surface area contributed by atoms with Crippen molar-refractivity contribution in [1.29, 1.82) is 0 Å². The Morgan fingerprint density at radius 1 is 1.05 bits per heavy atom. The van der Waals surface area contributed by atoms with Gasteiger partial charge in [-0.3, -0.25) is 9.59 Å². The molecule has 0 spiro atoms. The van der Waals surface area contributed by atoms with Gasteiger partial charge < -0.3 is 4.74 Å². The maximum Gasteiger partial charge on any atom is 0.240 e. The Kier molecular flexibility index (Phi) is 2.38. The zero-order valence-electron chi connectivity index (χ0n) is 9.82. The molecular weight excluding hydrogens is 357 g/mol. The van der Waals surface area contributed by atoms with E-state index in [9.17, 15) is 9.59 Å². The van der Waals surface area contributed by atoms with Crippen molar-refractivity contribution in [3.63, 3.8) is 0 Å². The first-order valence-electron chi connectivity index (χ1n) is 6.14. The van der Waals surface area contributed by atoms with Gasteiger partial charge in [-0.25, -0.2) is 4.90 Å². The summed E-state index contributed by atoms with van der Waals surface area (Å²) in [6.07, 6.45) is 3.35. The molecule has 0 aliphatic carbocycles. The molecule has 0 N–H and O–H groups in total. The van der Waals surface area contributed by atoms with Crippen LogP contribution in [0.15, 0.2) is 36.4 Å². The summed E-state index contributed by atoms with van der Waals surface area (Å²) in [7, 11) is 0. The summed E-state index contributed by atoms with van der Waals surface area (Å²) in [5.41, 5.74) is 0.663. The molecule has 1 aromatic carbocycles. The van der Waals surface area contributed by atoms with Gasteiger partial charge in [0.25, 0.3) is 0 Å². The number of nitrogens with zero attached hydrogens (tertiary/aromatic N) is 1. The first-order valence-corrected chi connectivity index (χ1v) is 7.22. The number of carbonyl (C=O) groups excluding carboxylic acids is 2. The number of hydrogen-bond donors (Lipinski definition) is 0. The third-order valence-electron chi connectivity index (χ3n) is 3.98. The minimum Gasteiger partial charge on any atom is -0.365 e. The van der Waals surface area contributed by atoms with E-state index in [1.165, 1.54) is 4.90 Å². The summed E-state index contributed by atoms with van der Waals surface area (Å²) in [5.74, 6) is -0.927. The van der Waals surface area contributed by atoms with Gasteiger partial charge in [-0.1, -0.05) is 18.2 Å². The molecule has 5 heteroatoms. The Bertz CT molecular complexity index is 597. The fraction of sp³-hybridized carbons (Fsp3) is 0.286. The molecule has 2 fully saturated rings. The van der Waals surface area contributed by atoms with Crippen molar-refractivity contribution < 1.29 is 14.3 Å². The minimum atomic E-state index is -0.333. The van der Waals surface area contributed by atoms with Gasteiger partial charge in [0.05, 0.1) is 29.7 Å². The summed E-state index contributed by atoms with van der Waals surface area (Å²) < 4.78 is 6.61. The molecular formula is C14H10INO3. The predicted octanol–water partition coefficient (Wildman–Crippen LogP) is 1.73. The van der Waals surface area contributed by atoms with Crippen LogP contribution in [0.25, 0.3) is 0 Å². The average molecular weight is 367 g/mol. The Morgan fingerprint density at radius 2 is 1.68 bits per heavy atom. The quantitative estimate of drug-likeness (QED) is 0.432. The monoisotopic (exact) mass is 367 g/mol. The number of ether oxygens (including phenoxy) is 1. The van der Waals surface area contributed by atoms with Gasteiger partial charge in [-0.2, -0.15) is 0 Å². The van der Waals surface area contributed by atoms with E-state index in [0.29, 0.717) is 5.69 Å². The molecule has 2 bridgehead atoms. The Balaban J connectivity index is 1.77. The van der Waals surface area contributed by atoms with Crippen molar-refractivity contribution in [2.45, 2.75) is 12.2 Å². The van der Waals surface area contributed by atoms with E-state index in [1.807, 2.05) is 30.4 Å². The highest BCUT2D eigenvalue weighted by Gasteiger charge is 2.60. The maximum absolute atomic E-state index is 12.5. The topological polar surface area (TPSA) is 46.6 Å². The zero-order valence-corrected chi connectivity index (χ0v) is 12.0. The average Bonchev–Trinajstić information content (AvgIpc) is 3.04. The molecule has 0 radical (unpaired) electrons. The fourth-order valence-corrected chi connectivity index (χ4v) is 3.70. The summed E-state index contributed by atoms with van der Waals surface area (Å²) in [6, 6.07) is 7.45. The van der Waals surface area contributed by atoms with Crippen molar-refractivity contribution in [3.05, 3.63) is 40.0 Å². The van der Waals surface area contributed by atoms with E-state index in [0.717, 1.165) is 3.57 Å². The largest absolute Gasteiger partial charge is 0.365 e. The van der Waals surface area contributed by atoms with Gasteiger partial charge in [-0.05, 0) is 40.8 Å². The van der Waals surface area contributed by atoms with E-state index in [1.54, 1.807) is 6.07 Å². The van der Waals surface area contributed by atoms with Gasteiger partial charge in [-0.15, -0.1) is 0 Å². The number of halogens is 1. The second-order valence-electron chi connectivity index (χ2n) is 4.99. The first kappa shape index (κ1) is 11.6. The summed E-state index contributed by atoms with van der Waals surface area (Å²) >= 11 is 2.17. The molecule has 0 aromatic heterocycles. The van der Waals surface area contributed by atoms with Crippen molar-refractivity contribution >= 4 is 40.1 Å². The lowest BCUT2D eigenvalue weighted by molar-refractivity contribution is -0.124. The third-order valence-corrected chi connectivity index (χ3v) is 4.65. The molecule has 1 aromatic rings. The van der Waals surface area contributed by atoms with E-state index >= 15 is 0 Å². The molecule has 96 valence electrons. The first-order chi connectivity index (χ1) is 9.16. The van der Waals surface area contributed by atoms with Crippen LogP contribution in [0.5, 0.6) is 0 Å². The van der Waals surface area contributed by atoms with Gasteiger partial charge >= 0.3 is 0 Å². The highest BCUT2D eigenvalue weighted by Crippen LogP contribution is 2.46. The van der Waals surface area contributed by atoms with Crippen LogP contribution in [0.1, 0.15) is 0 Å². The van der Waals surface area contributed by atoms with Crippen molar-refractivity contribution in [1.82, 2.24) is 0 Å². The van der Waals surface area contributed by atoms with E-state index in [2.05, 4.69) is 22.6 Å². The van der Waals surface area contributed by atoms with Crippen LogP contribution in [-0.2, 0) is 14.3 Å². The number of anilines is 1. The third kappa shape index (κ3) is 1.48. The van der Waals surface area contributed by atoms with Gasteiger partial charge in [0.1, 0.15) is 0 Å². The van der Waals surface area contributed by atoms with Crippen LogP contribution in [0.2, 0.25) is 0 Å². The zero-order chi connectivity index (χ0) is 13.1. The van der Waals surface area contributed by atoms with Gasteiger partial charge in [0.15, 0.2) is 0 Å². The second kappa shape index (κ2) is 3.89.